The molecule has 1 atom stereocenters. The van der Waals surface area contributed by atoms with Crippen molar-refractivity contribution in [3.63, 3.8) is 0 Å². The Morgan fingerprint density at radius 1 is 1.29 bits per heavy atom. The molecule has 2 aromatic rings. The van der Waals surface area contributed by atoms with Crippen LogP contribution >= 0.6 is 23.4 Å². The minimum Gasteiger partial charge on any atom is -0.271 e. The molecule has 0 saturated carbocycles. The van der Waals surface area contributed by atoms with Crippen molar-refractivity contribution in [1.29, 1.82) is 0 Å². The summed E-state index contributed by atoms with van der Waals surface area (Å²) in [5.41, 5.74) is 5.15. The molecule has 0 bridgehead atoms. The van der Waals surface area contributed by atoms with Gasteiger partial charge in [0.05, 0.1) is 6.04 Å². The molecule has 0 saturated heterocycles. The summed E-state index contributed by atoms with van der Waals surface area (Å²) in [7, 11) is 0. The molecule has 2 rings (SSSR count). The molecule has 0 aliphatic heterocycles. The molecule has 0 fully saturated rings. The largest absolute Gasteiger partial charge is 0.271 e. The second-order valence-electron chi connectivity index (χ2n) is 4.96. The molecule has 0 aromatic heterocycles. The summed E-state index contributed by atoms with van der Waals surface area (Å²) in [6.07, 6.45) is 0. The van der Waals surface area contributed by atoms with Crippen LogP contribution in [0.4, 0.5) is 4.39 Å². The summed E-state index contributed by atoms with van der Waals surface area (Å²) in [6, 6.07) is 10.8. The van der Waals surface area contributed by atoms with Crippen LogP contribution in [-0.2, 0) is 0 Å². The second kappa shape index (κ2) is 7.27. The van der Waals surface area contributed by atoms with E-state index in [9.17, 15) is 4.39 Å². The van der Waals surface area contributed by atoms with Crippen LogP contribution in [0.3, 0.4) is 0 Å². The third kappa shape index (κ3) is 4.20. The number of aryl methyl sites for hydroxylation is 2. The summed E-state index contributed by atoms with van der Waals surface area (Å²) in [5.74, 6) is 6.02. The third-order valence-electron chi connectivity index (χ3n) is 3.24. The molecule has 21 heavy (non-hydrogen) atoms. The van der Waals surface area contributed by atoms with E-state index in [2.05, 4.69) is 5.43 Å². The summed E-state index contributed by atoms with van der Waals surface area (Å²) in [5, 5.41) is 0.690. The molecule has 2 aromatic carbocycles. The number of rotatable bonds is 5. The van der Waals surface area contributed by atoms with Gasteiger partial charge in [-0.2, -0.15) is 0 Å². The maximum atomic E-state index is 14.2. The van der Waals surface area contributed by atoms with Gasteiger partial charge in [0.25, 0.3) is 0 Å². The first-order valence-electron chi connectivity index (χ1n) is 6.62. The van der Waals surface area contributed by atoms with Crippen LogP contribution in [0.5, 0.6) is 0 Å². The zero-order chi connectivity index (χ0) is 15.4. The van der Waals surface area contributed by atoms with Gasteiger partial charge in [0.2, 0.25) is 0 Å². The lowest BCUT2D eigenvalue weighted by molar-refractivity contribution is 0.542. The van der Waals surface area contributed by atoms with Gasteiger partial charge in [-0.05, 0) is 49.2 Å². The number of nitrogens with two attached hydrogens (primary N) is 1. The molecule has 5 heteroatoms. The molecule has 0 heterocycles. The minimum atomic E-state index is -0.255. The SMILES string of the molecule is Cc1cc(C)c(C(CSc2cccc(Cl)c2)NN)c(F)c1. The van der Waals surface area contributed by atoms with E-state index in [0.717, 1.165) is 16.0 Å². The van der Waals surface area contributed by atoms with Gasteiger partial charge in [-0.1, -0.05) is 23.7 Å². The van der Waals surface area contributed by atoms with Crippen molar-refractivity contribution in [2.24, 2.45) is 5.84 Å². The maximum absolute atomic E-state index is 14.2. The fourth-order valence-electron chi connectivity index (χ4n) is 2.32. The Morgan fingerprint density at radius 3 is 2.67 bits per heavy atom. The fourth-order valence-corrected chi connectivity index (χ4v) is 3.58. The number of hydrogen-bond donors (Lipinski definition) is 2. The molecule has 0 radical (unpaired) electrons. The van der Waals surface area contributed by atoms with Crippen LogP contribution in [0.2, 0.25) is 5.02 Å². The lowest BCUT2D eigenvalue weighted by Crippen LogP contribution is -2.31. The molecule has 0 aliphatic rings. The van der Waals surface area contributed by atoms with Crippen molar-refractivity contribution in [2.45, 2.75) is 24.8 Å². The number of nitrogens with one attached hydrogen (secondary N) is 1. The highest BCUT2D eigenvalue weighted by atomic mass is 35.5. The topological polar surface area (TPSA) is 38.0 Å². The van der Waals surface area contributed by atoms with Gasteiger partial charge in [0, 0.05) is 21.2 Å². The molecule has 0 amide bonds. The Balaban J connectivity index is 2.17. The Labute approximate surface area is 133 Å². The van der Waals surface area contributed by atoms with Crippen molar-refractivity contribution < 1.29 is 4.39 Å². The van der Waals surface area contributed by atoms with E-state index in [1.54, 1.807) is 11.8 Å². The van der Waals surface area contributed by atoms with Crippen molar-refractivity contribution in [2.75, 3.05) is 5.75 Å². The lowest BCUT2D eigenvalue weighted by Gasteiger charge is -2.19. The van der Waals surface area contributed by atoms with E-state index >= 15 is 0 Å². The van der Waals surface area contributed by atoms with E-state index in [1.165, 1.54) is 6.07 Å². The summed E-state index contributed by atoms with van der Waals surface area (Å²) in [6.45, 7) is 3.78. The molecule has 0 spiro atoms. The van der Waals surface area contributed by atoms with Crippen molar-refractivity contribution >= 4 is 23.4 Å². The highest BCUT2D eigenvalue weighted by molar-refractivity contribution is 7.99. The van der Waals surface area contributed by atoms with Crippen molar-refractivity contribution in [1.82, 2.24) is 5.43 Å². The maximum Gasteiger partial charge on any atom is 0.128 e. The normalized spacial score (nSPS) is 12.4. The molecular formula is C16H18ClFN2S. The van der Waals surface area contributed by atoms with E-state index in [1.807, 2.05) is 44.2 Å². The van der Waals surface area contributed by atoms with E-state index in [0.29, 0.717) is 16.3 Å². The first-order valence-corrected chi connectivity index (χ1v) is 7.98. The number of benzene rings is 2. The summed E-state index contributed by atoms with van der Waals surface area (Å²) >= 11 is 7.56. The summed E-state index contributed by atoms with van der Waals surface area (Å²) in [4.78, 5) is 1.04. The van der Waals surface area contributed by atoms with E-state index in [-0.39, 0.29) is 11.9 Å². The molecule has 3 N–H and O–H groups in total. The van der Waals surface area contributed by atoms with E-state index in [4.69, 9.17) is 17.4 Å². The Bertz CT molecular complexity index is 610. The standard InChI is InChI=1S/C16H18ClFN2S/c1-10-6-11(2)16(14(18)7-10)15(20-19)9-21-13-5-3-4-12(17)8-13/h3-8,15,20H,9,19H2,1-2H3. The predicted molar refractivity (Wildman–Crippen MR) is 88.1 cm³/mol. The van der Waals surface area contributed by atoms with Gasteiger partial charge in [0.15, 0.2) is 0 Å². The minimum absolute atomic E-state index is 0.220. The smallest absolute Gasteiger partial charge is 0.128 e. The second-order valence-corrected chi connectivity index (χ2v) is 6.49. The molecule has 0 aliphatic carbocycles. The van der Waals surface area contributed by atoms with Gasteiger partial charge in [0.1, 0.15) is 5.82 Å². The van der Waals surface area contributed by atoms with Crippen molar-refractivity contribution in [3.8, 4) is 0 Å². The van der Waals surface area contributed by atoms with Crippen LogP contribution in [0, 0.1) is 19.7 Å². The molecule has 112 valence electrons. The Hall–Kier alpha value is -1.07. The molecule has 2 nitrogen and oxygen atoms in total. The number of hydrazine groups is 1. The lowest BCUT2D eigenvalue weighted by atomic mass is 10.00. The van der Waals surface area contributed by atoms with Gasteiger partial charge < -0.3 is 0 Å². The van der Waals surface area contributed by atoms with Crippen LogP contribution in [0.25, 0.3) is 0 Å². The zero-order valence-electron chi connectivity index (χ0n) is 12.0. The number of halogens is 2. The van der Waals surface area contributed by atoms with Gasteiger partial charge in [-0.3, -0.25) is 11.3 Å². The van der Waals surface area contributed by atoms with Crippen LogP contribution < -0.4 is 11.3 Å². The number of hydrogen-bond acceptors (Lipinski definition) is 3. The van der Waals surface area contributed by atoms with Crippen molar-refractivity contribution in [3.05, 3.63) is 63.9 Å². The predicted octanol–water partition coefficient (Wildman–Crippen LogP) is 4.39. The fraction of sp³-hybridized carbons (Fsp3) is 0.250. The number of thioether (sulfide) groups is 1. The van der Waals surface area contributed by atoms with Gasteiger partial charge in [-0.25, -0.2) is 4.39 Å². The first kappa shape index (κ1) is 16.3. The molecular weight excluding hydrogens is 307 g/mol. The zero-order valence-corrected chi connectivity index (χ0v) is 13.6. The average molecular weight is 325 g/mol. The van der Waals surface area contributed by atoms with E-state index < -0.39 is 0 Å². The Morgan fingerprint density at radius 2 is 2.05 bits per heavy atom. The summed E-state index contributed by atoms with van der Waals surface area (Å²) < 4.78 is 14.2. The average Bonchev–Trinajstić information content (AvgIpc) is 2.41. The quantitative estimate of drug-likeness (QED) is 0.486. The third-order valence-corrected chi connectivity index (χ3v) is 4.57. The van der Waals surface area contributed by atoms with Crippen LogP contribution in [-0.4, -0.2) is 5.75 Å². The molecule has 1 unspecified atom stereocenters. The van der Waals surface area contributed by atoms with Crippen LogP contribution in [0.1, 0.15) is 22.7 Å². The highest BCUT2D eigenvalue weighted by Crippen LogP contribution is 2.29. The monoisotopic (exact) mass is 324 g/mol. The van der Waals surface area contributed by atoms with Crippen LogP contribution in [0.15, 0.2) is 41.3 Å². The Kier molecular flexibility index (Phi) is 5.65. The van der Waals surface area contributed by atoms with Gasteiger partial charge in [-0.15, -0.1) is 11.8 Å². The first-order chi connectivity index (χ1) is 10.0. The van der Waals surface area contributed by atoms with Gasteiger partial charge >= 0.3 is 0 Å². The highest BCUT2D eigenvalue weighted by Gasteiger charge is 2.18.